The molecule has 0 radical (unpaired) electrons. The first-order valence-electron chi connectivity index (χ1n) is 5.04. The lowest BCUT2D eigenvalue weighted by Crippen LogP contribution is -2.13. The van der Waals surface area contributed by atoms with Crippen LogP contribution in [-0.4, -0.2) is 4.98 Å². The lowest BCUT2D eigenvalue weighted by molar-refractivity contribution is 0.569. The number of halogens is 1. The molecule has 0 atom stereocenters. The highest BCUT2D eigenvalue weighted by Gasteiger charge is 2.16. The lowest BCUT2D eigenvalue weighted by Gasteiger charge is -2.17. The van der Waals surface area contributed by atoms with Gasteiger partial charge in [0, 0.05) is 16.5 Å². The molecule has 0 aliphatic heterocycles. The molecular formula is C13H14FN. The summed E-state index contributed by atoms with van der Waals surface area (Å²) in [5.41, 5.74) is 1.33. The molecule has 0 N–H and O–H groups in total. The topological polar surface area (TPSA) is 12.9 Å². The van der Waals surface area contributed by atoms with E-state index in [1.54, 1.807) is 6.07 Å². The van der Waals surface area contributed by atoms with Gasteiger partial charge in [-0.1, -0.05) is 39.0 Å². The maximum Gasteiger partial charge on any atom is 0.149 e. The van der Waals surface area contributed by atoms with Crippen LogP contribution in [0.3, 0.4) is 0 Å². The lowest BCUT2D eigenvalue weighted by atomic mass is 9.91. The highest BCUT2D eigenvalue weighted by molar-refractivity contribution is 5.79. The molecule has 0 unspecified atom stereocenters. The Labute approximate surface area is 89.0 Å². The number of fused-ring (bicyclic) bond motifs is 1. The highest BCUT2D eigenvalue weighted by atomic mass is 19.1. The van der Waals surface area contributed by atoms with Gasteiger partial charge in [-0.3, -0.25) is 0 Å². The number of benzene rings is 1. The van der Waals surface area contributed by atoms with E-state index in [0.717, 1.165) is 11.1 Å². The van der Waals surface area contributed by atoms with Crippen molar-refractivity contribution >= 4 is 10.9 Å². The van der Waals surface area contributed by atoms with E-state index in [1.165, 1.54) is 6.07 Å². The quantitative estimate of drug-likeness (QED) is 0.636. The van der Waals surface area contributed by atoms with Crippen molar-refractivity contribution in [2.75, 3.05) is 0 Å². The molecule has 0 amide bonds. The van der Waals surface area contributed by atoms with Crippen molar-refractivity contribution in [3.63, 3.8) is 0 Å². The summed E-state index contributed by atoms with van der Waals surface area (Å²) >= 11 is 0. The minimum Gasteiger partial charge on any atom is -0.249 e. The van der Waals surface area contributed by atoms with Crippen LogP contribution >= 0.6 is 0 Å². The summed E-state index contributed by atoms with van der Waals surface area (Å²) in [4.78, 5) is 4.37. The van der Waals surface area contributed by atoms with Crippen LogP contribution in [0.15, 0.2) is 30.3 Å². The molecule has 0 saturated heterocycles. The Kier molecular flexibility index (Phi) is 2.22. The van der Waals surface area contributed by atoms with E-state index in [2.05, 4.69) is 25.8 Å². The zero-order valence-corrected chi connectivity index (χ0v) is 9.21. The molecule has 2 rings (SSSR count). The van der Waals surface area contributed by atoms with E-state index >= 15 is 0 Å². The maximum atomic E-state index is 13.5. The van der Waals surface area contributed by atoms with Gasteiger partial charge in [0.05, 0.1) is 0 Å². The van der Waals surface area contributed by atoms with Crippen LogP contribution in [0.4, 0.5) is 4.39 Å². The highest BCUT2D eigenvalue weighted by Crippen LogP contribution is 2.23. The van der Waals surface area contributed by atoms with Crippen LogP contribution in [0.2, 0.25) is 0 Å². The Hall–Kier alpha value is -1.44. The van der Waals surface area contributed by atoms with Crippen LogP contribution in [0.1, 0.15) is 26.5 Å². The van der Waals surface area contributed by atoms with E-state index in [-0.39, 0.29) is 11.2 Å². The van der Waals surface area contributed by atoms with E-state index in [1.807, 2.05) is 18.2 Å². The second-order valence-electron chi connectivity index (χ2n) is 4.76. The summed E-state index contributed by atoms with van der Waals surface area (Å²) in [6, 6.07) is 8.91. The fourth-order valence-corrected chi connectivity index (χ4v) is 1.53. The molecule has 0 spiro atoms. The van der Waals surface area contributed by atoms with Gasteiger partial charge >= 0.3 is 0 Å². The third-order valence-electron chi connectivity index (χ3n) is 2.44. The standard InChI is InChI=1S/C13H14FN/c1-13(2,3)11-8-7-9-5-4-6-10(14)12(9)15-11/h4-8H,1-3H3. The summed E-state index contributed by atoms with van der Waals surface area (Å²) < 4.78 is 13.5. The first-order chi connectivity index (χ1) is 6.98. The molecule has 78 valence electrons. The Balaban J connectivity index is 2.70. The van der Waals surface area contributed by atoms with Crippen molar-refractivity contribution in [3.05, 3.63) is 41.8 Å². The zero-order valence-electron chi connectivity index (χ0n) is 9.21. The van der Waals surface area contributed by atoms with Crippen molar-refractivity contribution in [1.29, 1.82) is 0 Å². The average Bonchev–Trinajstić information content (AvgIpc) is 2.16. The second kappa shape index (κ2) is 3.30. The molecule has 0 aliphatic carbocycles. The molecule has 2 aromatic rings. The average molecular weight is 203 g/mol. The number of pyridine rings is 1. The van der Waals surface area contributed by atoms with E-state index in [0.29, 0.717) is 5.52 Å². The molecule has 1 heterocycles. The molecule has 0 saturated carbocycles. The van der Waals surface area contributed by atoms with Gasteiger partial charge < -0.3 is 0 Å². The van der Waals surface area contributed by atoms with Crippen molar-refractivity contribution in [3.8, 4) is 0 Å². The molecule has 0 bridgehead atoms. The summed E-state index contributed by atoms with van der Waals surface area (Å²) in [7, 11) is 0. The Morgan fingerprint density at radius 3 is 2.47 bits per heavy atom. The van der Waals surface area contributed by atoms with Crippen LogP contribution in [0.25, 0.3) is 10.9 Å². The molecule has 1 aromatic carbocycles. The monoisotopic (exact) mass is 203 g/mol. The zero-order chi connectivity index (χ0) is 11.1. The molecule has 0 fully saturated rings. The molecule has 1 nitrogen and oxygen atoms in total. The summed E-state index contributed by atoms with van der Waals surface area (Å²) in [6.07, 6.45) is 0. The minimum atomic E-state index is -0.251. The molecular weight excluding hydrogens is 189 g/mol. The molecule has 1 aromatic heterocycles. The number of para-hydroxylation sites is 1. The van der Waals surface area contributed by atoms with Gasteiger partial charge in [0.15, 0.2) is 0 Å². The van der Waals surface area contributed by atoms with Gasteiger partial charge in [0.1, 0.15) is 11.3 Å². The van der Waals surface area contributed by atoms with Gasteiger partial charge in [-0.15, -0.1) is 0 Å². The van der Waals surface area contributed by atoms with Crippen LogP contribution in [0, 0.1) is 5.82 Å². The SMILES string of the molecule is CC(C)(C)c1ccc2cccc(F)c2n1. The summed E-state index contributed by atoms with van der Waals surface area (Å²) in [5.74, 6) is -0.251. The maximum absolute atomic E-state index is 13.5. The Morgan fingerprint density at radius 1 is 1.07 bits per heavy atom. The predicted octanol–water partition coefficient (Wildman–Crippen LogP) is 3.67. The first kappa shape index (κ1) is 10.1. The van der Waals surface area contributed by atoms with Gasteiger partial charge in [0.25, 0.3) is 0 Å². The van der Waals surface area contributed by atoms with Gasteiger partial charge in [-0.25, -0.2) is 9.37 Å². The minimum absolute atomic E-state index is 0.0452. The molecule has 0 aliphatic rings. The fraction of sp³-hybridized carbons (Fsp3) is 0.308. The van der Waals surface area contributed by atoms with Crippen molar-refractivity contribution in [2.45, 2.75) is 26.2 Å². The third-order valence-corrected chi connectivity index (χ3v) is 2.44. The van der Waals surface area contributed by atoms with Crippen LogP contribution < -0.4 is 0 Å². The van der Waals surface area contributed by atoms with Gasteiger partial charge in [-0.05, 0) is 12.1 Å². The predicted molar refractivity (Wildman–Crippen MR) is 60.4 cm³/mol. The van der Waals surface area contributed by atoms with Gasteiger partial charge in [0.2, 0.25) is 0 Å². The Bertz CT molecular complexity index is 497. The Morgan fingerprint density at radius 2 is 1.80 bits per heavy atom. The number of aromatic nitrogens is 1. The van der Waals surface area contributed by atoms with Crippen molar-refractivity contribution in [2.24, 2.45) is 0 Å². The normalized spacial score (nSPS) is 12.0. The van der Waals surface area contributed by atoms with Crippen LogP contribution in [-0.2, 0) is 5.41 Å². The van der Waals surface area contributed by atoms with E-state index < -0.39 is 0 Å². The first-order valence-corrected chi connectivity index (χ1v) is 5.04. The number of nitrogens with zero attached hydrogens (tertiary/aromatic N) is 1. The molecule has 2 heteroatoms. The fourth-order valence-electron chi connectivity index (χ4n) is 1.53. The van der Waals surface area contributed by atoms with E-state index in [9.17, 15) is 4.39 Å². The van der Waals surface area contributed by atoms with Crippen molar-refractivity contribution < 1.29 is 4.39 Å². The van der Waals surface area contributed by atoms with Crippen LogP contribution in [0.5, 0.6) is 0 Å². The molecule has 15 heavy (non-hydrogen) atoms. The van der Waals surface area contributed by atoms with Crippen molar-refractivity contribution in [1.82, 2.24) is 4.98 Å². The van der Waals surface area contributed by atoms with Gasteiger partial charge in [-0.2, -0.15) is 0 Å². The third kappa shape index (κ3) is 1.84. The van der Waals surface area contributed by atoms with E-state index in [4.69, 9.17) is 0 Å². The number of hydrogen-bond donors (Lipinski definition) is 0. The largest absolute Gasteiger partial charge is 0.249 e. The number of hydrogen-bond acceptors (Lipinski definition) is 1. The summed E-state index contributed by atoms with van der Waals surface area (Å²) in [5, 5.41) is 0.850. The smallest absolute Gasteiger partial charge is 0.149 e. The second-order valence-corrected chi connectivity index (χ2v) is 4.76. The summed E-state index contributed by atoms with van der Waals surface area (Å²) in [6.45, 7) is 6.21. The number of rotatable bonds is 0.